The van der Waals surface area contributed by atoms with Gasteiger partial charge in [-0.2, -0.15) is 0 Å². The number of hydrogen-bond acceptors (Lipinski definition) is 5. The summed E-state index contributed by atoms with van der Waals surface area (Å²) in [5.41, 5.74) is 0. The first kappa shape index (κ1) is 66.6. The van der Waals surface area contributed by atoms with E-state index in [0.717, 1.165) is 70.6 Å². The van der Waals surface area contributed by atoms with E-state index in [1.807, 2.05) is 0 Å². The molecule has 0 aliphatic carbocycles. The van der Waals surface area contributed by atoms with Crippen LogP contribution in [-0.2, 0) is 19.1 Å². The van der Waals surface area contributed by atoms with Crippen molar-refractivity contribution in [3.63, 3.8) is 0 Å². The maximum atomic E-state index is 12.3. The number of ether oxygens (including phenoxy) is 2. The zero-order valence-electron chi connectivity index (χ0n) is 46.1. The Morgan fingerprint density at radius 2 is 0.623 bits per heavy atom. The predicted molar refractivity (Wildman–Crippen MR) is 302 cm³/mol. The molecule has 1 N–H and O–H groups in total. The normalized spacial score (nSPS) is 12.6. The third-order valence-corrected chi connectivity index (χ3v) is 13.5. The van der Waals surface area contributed by atoms with E-state index in [9.17, 15) is 14.7 Å². The van der Waals surface area contributed by atoms with E-state index in [4.69, 9.17) is 9.47 Å². The fourth-order valence-electron chi connectivity index (χ4n) is 9.02. The molecule has 0 aliphatic heterocycles. The number of aliphatic hydroxyl groups is 1. The van der Waals surface area contributed by atoms with Gasteiger partial charge in [0.05, 0.1) is 6.61 Å². The van der Waals surface area contributed by atoms with Gasteiger partial charge < -0.3 is 14.6 Å². The molecule has 0 aromatic carbocycles. The van der Waals surface area contributed by atoms with Crippen molar-refractivity contribution in [3.8, 4) is 0 Å². The van der Waals surface area contributed by atoms with Crippen LogP contribution in [0, 0.1) is 0 Å². The molecular formula is C64H116O5. The first-order chi connectivity index (χ1) is 34.1. The first-order valence-corrected chi connectivity index (χ1v) is 30.3. The molecule has 0 aliphatic rings. The van der Waals surface area contributed by atoms with Crippen LogP contribution in [0.4, 0.5) is 0 Å². The molecule has 402 valence electrons. The lowest BCUT2D eigenvalue weighted by Crippen LogP contribution is -2.28. The minimum Gasteiger partial charge on any atom is -0.462 e. The molecule has 0 heterocycles. The van der Waals surface area contributed by atoms with Crippen LogP contribution in [0.3, 0.4) is 0 Å². The molecule has 0 aromatic heterocycles. The molecule has 5 heteroatoms. The summed E-state index contributed by atoms with van der Waals surface area (Å²) < 4.78 is 10.7. The van der Waals surface area contributed by atoms with Crippen LogP contribution in [0.5, 0.6) is 0 Å². The van der Waals surface area contributed by atoms with Gasteiger partial charge in [0.1, 0.15) is 6.61 Å². The van der Waals surface area contributed by atoms with Crippen LogP contribution in [-0.4, -0.2) is 36.4 Å². The van der Waals surface area contributed by atoms with Crippen LogP contribution >= 0.6 is 0 Å². The van der Waals surface area contributed by atoms with Crippen molar-refractivity contribution in [1.29, 1.82) is 0 Å². The summed E-state index contributed by atoms with van der Waals surface area (Å²) >= 11 is 0. The van der Waals surface area contributed by atoms with Gasteiger partial charge in [-0.05, 0) is 77.0 Å². The smallest absolute Gasteiger partial charge is 0.306 e. The van der Waals surface area contributed by atoms with Gasteiger partial charge in [-0.15, -0.1) is 0 Å². The van der Waals surface area contributed by atoms with Crippen molar-refractivity contribution in [2.45, 2.75) is 322 Å². The van der Waals surface area contributed by atoms with Gasteiger partial charge >= 0.3 is 11.9 Å². The number of carbonyl (C=O) groups is 2. The Kier molecular flexibility index (Phi) is 57.8. The Labute approximate surface area is 430 Å². The third-order valence-electron chi connectivity index (χ3n) is 13.5. The van der Waals surface area contributed by atoms with Crippen LogP contribution in [0.15, 0.2) is 60.8 Å². The molecule has 5 nitrogen and oxygen atoms in total. The number of hydrogen-bond donors (Lipinski definition) is 1. The fourth-order valence-corrected chi connectivity index (χ4v) is 9.02. The maximum Gasteiger partial charge on any atom is 0.306 e. The van der Waals surface area contributed by atoms with E-state index in [2.05, 4.69) is 74.6 Å². The first-order valence-electron chi connectivity index (χ1n) is 30.3. The summed E-state index contributed by atoms with van der Waals surface area (Å²) in [4.78, 5) is 24.5. The van der Waals surface area contributed by atoms with E-state index in [-0.39, 0.29) is 25.2 Å². The lowest BCUT2D eigenvalue weighted by atomic mass is 10.0. The summed E-state index contributed by atoms with van der Waals surface area (Å²) in [5.74, 6) is -0.585. The van der Waals surface area contributed by atoms with E-state index in [0.29, 0.717) is 12.8 Å². The molecule has 0 saturated heterocycles. The fraction of sp³-hybridized carbons (Fsp3) is 0.812. The number of rotatable bonds is 56. The summed E-state index contributed by atoms with van der Waals surface area (Å²) in [6.45, 7) is 4.05. The van der Waals surface area contributed by atoms with E-state index < -0.39 is 6.10 Å². The summed E-state index contributed by atoms with van der Waals surface area (Å²) in [7, 11) is 0. The van der Waals surface area contributed by atoms with Gasteiger partial charge in [0, 0.05) is 12.8 Å². The van der Waals surface area contributed by atoms with Gasteiger partial charge in [-0.25, -0.2) is 0 Å². The van der Waals surface area contributed by atoms with Gasteiger partial charge in [0.15, 0.2) is 6.10 Å². The Morgan fingerprint density at radius 3 is 0.957 bits per heavy atom. The second-order valence-corrected chi connectivity index (χ2v) is 20.4. The number of unbranched alkanes of at least 4 members (excludes halogenated alkanes) is 38. The van der Waals surface area contributed by atoms with Gasteiger partial charge in [0.25, 0.3) is 0 Å². The monoisotopic (exact) mass is 965 g/mol. The second kappa shape index (κ2) is 59.9. The van der Waals surface area contributed by atoms with Crippen LogP contribution in [0.25, 0.3) is 0 Å². The van der Waals surface area contributed by atoms with Crippen molar-refractivity contribution < 1.29 is 24.2 Å². The largest absolute Gasteiger partial charge is 0.462 e. The average molecular weight is 966 g/mol. The summed E-state index contributed by atoms with van der Waals surface area (Å²) in [5, 5.41) is 9.64. The van der Waals surface area contributed by atoms with Gasteiger partial charge in [-0.3, -0.25) is 9.59 Å². The van der Waals surface area contributed by atoms with Crippen molar-refractivity contribution >= 4 is 11.9 Å². The summed E-state index contributed by atoms with van der Waals surface area (Å²) in [6.07, 6.45) is 80.9. The molecular weight excluding hydrogens is 849 g/mol. The SMILES string of the molecule is CC/C=C\C/C=C\C/C=C\C/C=C\CCCCCCCCCCCCCCCCCCCCCCCCCCCCC(=O)OC(CO)COC(=O)CCCCCCC/C=C\CCCCCCCCC. The molecule has 0 aromatic rings. The zero-order chi connectivity index (χ0) is 49.9. The average Bonchev–Trinajstić information content (AvgIpc) is 3.35. The van der Waals surface area contributed by atoms with Crippen LogP contribution in [0.2, 0.25) is 0 Å². The Bertz CT molecular complexity index is 1180. The van der Waals surface area contributed by atoms with E-state index in [1.54, 1.807) is 0 Å². The number of esters is 2. The molecule has 0 radical (unpaired) electrons. The number of carbonyl (C=O) groups excluding carboxylic acids is 2. The quantitative estimate of drug-likeness (QED) is 0.0373. The number of aliphatic hydroxyl groups excluding tert-OH is 1. The Hall–Kier alpha value is -2.40. The van der Waals surface area contributed by atoms with Crippen molar-refractivity contribution in [1.82, 2.24) is 0 Å². The molecule has 0 fully saturated rings. The van der Waals surface area contributed by atoms with Crippen LogP contribution < -0.4 is 0 Å². The molecule has 0 spiro atoms. The second-order valence-electron chi connectivity index (χ2n) is 20.4. The predicted octanol–water partition coefficient (Wildman–Crippen LogP) is 20.6. The van der Waals surface area contributed by atoms with Crippen LogP contribution in [0.1, 0.15) is 316 Å². The van der Waals surface area contributed by atoms with Crippen molar-refractivity contribution in [3.05, 3.63) is 60.8 Å². The van der Waals surface area contributed by atoms with Crippen molar-refractivity contribution in [2.75, 3.05) is 13.2 Å². The molecule has 69 heavy (non-hydrogen) atoms. The molecule has 0 amide bonds. The van der Waals surface area contributed by atoms with E-state index in [1.165, 1.54) is 218 Å². The van der Waals surface area contributed by atoms with E-state index >= 15 is 0 Å². The topological polar surface area (TPSA) is 72.8 Å². The molecule has 0 saturated carbocycles. The molecule has 1 atom stereocenters. The highest BCUT2D eigenvalue weighted by atomic mass is 16.6. The molecule has 1 unspecified atom stereocenters. The minimum absolute atomic E-state index is 0.0663. The highest BCUT2D eigenvalue weighted by Crippen LogP contribution is 2.17. The van der Waals surface area contributed by atoms with Crippen molar-refractivity contribution in [2.24, 2.45) is 0 Å². The molecule has 0 rings (SSSR count). The highest BCUT2D eigenvalue weighted by Gasteiger charge is 2.16. The third kappa shape index (κ3) is 58.1. The maximum absolute atomic E-state index is 12.3. The standard InChI is InChI=1S/C64H116O5/c1-3-5-7-9-11-13-15-17-19-21-22-23-24-25-26-27-28-29-30-31-32-33-34-35-36-37-38-39-40-41-42-43-45-47-49-51-53-55-57-59-64(67)69-62(60-65)61-68-63(66)58-56-54-52-50-48-46-44-20-18-16-14-12-10-8-6-4-2/h5,7,11,13,17,19-20,22-23,44,62,65H,3-4,6,8-10,12,14-16,18,21,24-43,45-61H2,1-2H3/b7-5-,13-11-,19-17-,23-22-,44-20-. The molecule has 0 bridgehead atoms. The summed E-state index contributed by atoms with van der Waals surface area (Å²) in [6, 6.07) is 0. The lowest BCUT2D eigenvalue weighted by Gasteiger charge is -2.15. The zero-order valence-corrected chi connectivity index (χ0v) is 46.1. The Morgan fingerprint density at radius 1 is 0.348 bits per heavy atom. The highest BCUT2D eigenvalue weighted by molar-refractivity contribution is 5.70. The van der Waals surface area contributed by atoms with Gasteiger partial charge in [0.2, 0.25) is 0 Å². The van der Waals surface area contributed by atoms with Gasteiger partial charge in [-0.1, -0.05) is 286 Å². The minimum atomic E-state index is -0.773. The lowest BCUT2D eigenvalue weighted by molar-refractivity contribution is -0.161. The Balaban J connectivity index is 3.39. The number of allylic oxidation sites excluding steroid dienone is 10.